The summed E-state index contributed by atoms with van der Waals surface area (Å²) in [6.07, 6.45) is 0.819. The van der Waals surface area contributed by atoms with Crippen LogP contribution in [0, 0.1) is 17.6 Å². The minimum absolute atomic E-state index is 0. The van der Waals surface area contributed by atoms with Crippen LogP contribution in [-0.4, -0.2) is 25.1 Å². The van der Waals surface area contributed by atoms with Gasteiger partial charge in [-0.15, -0.1) is 12.4 Å². The molecule has 0 bridgehead atoms. The normalized spacial score (nSPS) is 13.0. The highest BCUT2D eigenvalue weighted by atomic mass is 35.5. The molecule has 0 saturated carbocycles. The maximum Gasteiger partial charge on any atom is 0.237 e. The van der Waals surface area contributed by atoms with Gasteiger partial charge in [0.15, 0.2) is 11.6 Å². The van der Waals surface area contributed by atoms with Gasteiger partial charge in [0, 0.05) is 6.07 Å². The topological polar surface area (TPSA) is 64.4 Å². The van der Waals surface area contributed by atoms with Gasteiger partial charge in [-0.05, 0) is 18.1 Å². The third kappa shape index (κ3) is 6.27. The molecule has 7 heteroatoms. The summed E-state index contributed by atoms with van der Waals surface area (Å²) in [5.41, 5.74) is 5.76. The number of benzene rings is 1. The Morgan fingerprint density at radius 1 is 1.38 bits per heavy atom. The summed E-state index contributed by atoms with van der Waals surface area (Å²) >= 11 is 0. The molecular weight excluding hydrogens is 302 g/mol. The Labute approximate surface area is 129 Å². The van der Waals surface area contributed by atoms with E-state index in [9.17, 15) is 13.6 Å². The Hall–Kier alpha value is -1.40. The van der Waals surface area contributed by atoms with Crippen LogP contribution in [0.1, 0.15) is 20.3 Å². The van der Waals surface area contributed by atoms with Gasteiger partial charge in [0.05, 0.1) is 12.6 Å². The average Bonchev–Trinajstić information content (AvgIpc) is 2.45. The summed E-state index contributed by atoms with van der Waals surface area (Å²) in [5.74, 6) is -1.82. The van der Waals surface area contributed by atoms with E-state index in [1.807, 2.05) is 13.8 Å². The number of nitrogens with two attached hydrogens (primary N) is 1. The molecule has 1 amide bonds. The van der Waals surface area contributed by atoms with Gasteiger partial charge < -0.3 is 15.8 Å². The molecule has 2 unspecified atom stereocenters. The van der Waals surface area contributed by atoms with Crippen LogP contribution in [0.5, 0.6) is 5.75 Å². The Morgan fingerprint density at radius 3 is 2.62 bits per heavy atom. The first-order valence-corrected chi connectivity index (χ1v) is 6.56. The second-order valence-electron chi connectivity index (χ2n) is 4.63. The lowest BCUT2D eigenvalue weighted by atomic mass is 9.99. The van der Waals surface area contributed by atoms with Crippen LogP contribution >= 0.6 is 12.4 Å². The van der Waals surface area contributed by atoms with Crippen molar-refractivity contribution in [1.82, 2.24) is 5.32 Å². The first kappa shape index (κ1) is 19.6. The van der Waals surface area contributed by atoms with Crippen LogP contribution in [0.25, 0.3) is 0 Å². The Kier molecular flexibility index (Phi) is 8.89. The predicted molar refractivity (Wildman–Crippen MR) is 79.5 cm³/mol. The van der Waals surface area contributed by atoms with E-state index in [0.717, 1.165) is 18.6 Å². The molecule has 0 aromatic heterocycles. The van der Waals surface area contributed by atoms with E-state index in [2.05, 4.69) is 5.32 Å². The number of halogens is 3. The van der Waals surface area contributed by atoms with Gasteiger partial charge in [-0.1, -0.05) is 20.3 Å². The van der Waals surface area contributed by atoms with E-state index in [1.165, 1.54) is 6.07 Å². The largest absolute Gasteiger partial charge is 0.492 e. The van der Waals surface area contributed by atoms with Crippen molar-refractivity contribution in [3.63, 3.8) is 0 Å². The van der Waals surface area contributed by atoms with Gasteiger partial charge in [0.1, 0.15) is 12.4 Å². The highest BCUT2D eigenvalue weighted by Gasteiger charge is 2.18. The third-order valence-electron chi connectivity index (χ3n) is 3.12. The van der Waals surface area contributed by atoms with Crippen molar-refractivity contribution in [2.75, 3.05) is 13.2 Å². The molecule has 120 valence electrons. The summed E-state index contributed by atoms with van der Waals surface area (Å²) in [6.45, 7) is 4.28. The van der Waals surface area contributed by atoms with Crippen molar-refractivity contribution < 1.29 is 18.3 Å². The fourth-order valence-corrected chi connectivity index (χ4v) is 1.54. The second-order valence-corrected chi connectivity index (χ2v) is 4.63. The molecule has 0 aliphatic carbocycles. The molecule has 0 spiro atoms. The molecule has 0 saturated heterocycles. The van der Waals surface area contributed by atoms with Crippen LogP contribution in [0.15, 0.2) is 18.2 Å². The van der Waals surface area contributed by atoms with Crippen molar-refractivity contribution in [3.05, 3.63) is 29.8 Å². The number of amides is 1. The number of ether oxygens (including phenoxy) is 1. The highest BCUT2D eigenvalue weighted by Crippen LogP contribution is 2.15. The molecule has 0 heterocycles. The van der Waals surface area contributed by atoms with E-state index < -0.39 is 17.7 Å². The van der Waals surface area contributed by atoms with E-state index in [0.29, 0.717) is 0 Å². The minimum Gasteiger partial charge on any atom is -0.492 e. The highest BCUT2D eigenvalue weighted by molar-refractivity contribution is 5.85. The molecule has 2 atom stereocenters. The average molecular weight is 323 g/mol. The molecule has 0 radical (unpaired) electrons. The number of carbonyl (C=O) groups is 1. The number of hydrogen-bond donors (Lipinski definition) is 2. The van der Waals surface area contributed by atoms with Gasteiger partial charge in [0.25, 0.3) is 0 Å². The molecule has 1 aromatic carbocycles. The van der Waals surface area contributed by atoms with Crippen molar-refractivity contribution in [3.8, 4) is 5.75 Å². The van der Waals surface area contributed by atoms with E-state index in [-0.39, 0.29) is 43.1 Å². The van der Waals surface area contributed by atoms with Gasteiger partial charge >= 0.3 is 0 Å². The smallest absolute Gasteiger partial charge is 0.237 e. The van der Waals surface area contributed by atoms with Crippen LogP contribution in [-0.2, 0) is 4.79 Å². The lowest BCUT2D eigenvalue weighted by molar-refractivity contribution is -0.123. The molecule has 21 heavy (non-hydrogen) atoms. The van der Waals surface area contributed by atoms with Gasteiger partial charge in [-0.3, -0.25) is 4.79 Å². The quantitative estimate of drug-likeness (QED) is 0.757. The summed E-state index contributed by atoms with van der Waals surface area (Å²) in [7, 11) is 0. The Bertz CT molecular complexity index is 461. The Morgan fingerprint density at radius 2 is 2.05 bits per heavy atom. The summed E-state index contributed by atoms with van der Waals surface area (Å²) < 4.78 is 30.8. The molecule has 3 N–H and O–H groups in total. The number of hydrogen-bond acceptors (Lipinski definition) is 3. The number of nitrogens with one attached hydrogen (secondary N) is 1. The van der Waals surface area contributed by atoms with Crippen LogP contribution in [0.2, 0.25) is 0 Å². The minimum atomic E-state index is -0.967. The molecule has 0 aliphatic rings. The van der Waals surface area contributed by atoms with E-state index in [1.54, 1.807) is 0 Å². The molecular formula is C14H21ClF2N2O2. The van der Waals surface area contributed by atoms with Crippen molar-refractivity contribution in [2.24, 2.45) is 11.7 Å². The summed E-state index contributed by atoms with van der Waals surface area (Å²) in [5, 5.41) is 2.64. The fourth-order valence-electron chi connectivity index (χ4n) is 1.54. The fraction of sp³-hybridized carbons (Fsp3) is 0.500. The maximum atomic E-state index is 12.9. The monoisotopic (exact) mass is 322 g/mol. The lowest BCUT2D eigenvalue weighted by Gasteiger charge is -2.17. The molecule has 4 nitrogen and oxygen atoms in total. The standard InChI is InChI=1S/C14H20F2N2O2.ClH/c1-3-9(2)13(17)14(19)18-6-7-20-10-4-5-11(15)12(16)8-10;/h4-5,8-9,13H,3,6-7,17H2,1-2H3,(H,18,19);1H. The molecule has 1 rings (SSSR count). The van der Waals surface area contributed by atoms with E-state index >= 15 is 0 Å². The maximum absolute atomic E-state index is 12.9. The third-order valence-corrected chi connectivity index (χ3v) is 3.12. The lowest BCUT2D eigenvalue weighted by Crippen LogP contribution is -2.45. The molecule has 0 fully saturated rings. The number of rotatable bonds is 7. The number of carbonyl (C=O) groups excluding carboxylic acids is 1. The predicted octanol–water partition coefficient (Wildman–Crippen LogP) is 2.26. The SMILES string of the molecule is CCC(C)C(N)C(=O)NCCOc1ccc(F)c(F)c1.Cl. The van der Waals surface area contributed by atoms with Crippen LogP contribution in [0.4, 0.5) is 8.78 Å². The van der Waals surface area contributed by atoms with Crippen LogP contribution < -0.4 is 15.8 Å². The zero-order valence-electron chi connectivity index (χ0n) is 12.1. The van der Waals surface area contributed by atoms with Crippen molar-refractivity contribution in [1.29, 1.82) is 0 Å². The van der Waals surface area contributed by atoms with E-state index in [4.69, 9.17) is 10.5 Å². The first-order chi connectivity index (χ1) is 9.45. The van der Waals surface area contributed by atoms with Gasteiger partial charge in [0.2, 0.25) is 5.91 Å². The van der Waals surface area contributed by atoms with Gasteiger partial charge in [-0.2, -0.15) is 0 Å². The van der Waals surface area contributed by atoms with Crippen molar-refractivity contribution in [2.45, 2.75) is 26.3 Å². The van der Waals surface area contributed by atoms with Crippen LogP contribution in [0.3, 0.4) is 0 Å². The van der Waals surface area contributed by atoms with Gasteiger partial charge in [-0.25, -0.2) is 8.78 Å². The molecule has 1 aromatic rings. The zero-order valence-corrected chi connectivity index (χ0v) is 12.9. The molecule has 0 aliphatic heterocycles. The zero-order chi connectivity index (χ0) is 15.1. The first-order valence-electron chi connectivity index (χ1n) is 6.56. The van der Waals surface area contributed by atoms with Crippen molar-refractivity contribution >= 4 is 18.3 Å². The Balaban J connectivity index is 0.00000400. The summed E-state index contributed by atoms with van der Waals surface area (Å²) in [6, 6.07) is 2.72. The summed E-state index contributed by atoms with van der Waals surface area (Å²) in [4.78, 5) is 11.7. The second kappa shape index (κ2) is 9.52.